The molecule has 0 amide bonds. The third-order valence-corrected chi connectivity index (χ3v) is 7.75. The Kier molecular flexibility index (Phi) is 9.51. The molecular weight excluding hydrogens is 479 g/mol. The molecule has 3 aromatic rings. The van der Waals surface area contributed by atoms with Crippen molar-refractivity contribution in [1.82, 2.24) is 4.90 Å². The monoisotopic (exact) mass is 520 g/mol. The summed E-state index contributed by atoms with van der Waals surface area (Å²) in [5.74, 6) is 1.48. The van der Waals surface area contributed by atoms with Crippen molar-refractivity contribution in [3.8, 4) is 17.2 Å². The minimum absolute atomic E-state index is 0.304. The summed E-state index contributed by atoms with van der Waals surface area (Å²) in [5, 5.41) is 9.88. The number of anilines is 1. The summed E-state index contributed by atoms with van der Waals surface area (Å²) in [6.45, 7) is 10.9. The Hall–Kier alpha value is -3.25. The first-order valence-electron chi connectivity index (χ1n) is 13.8. The molecule has 0 aromatic heterocycles. The molecule has 1 unspecified atom stereocenters. The highest BCUT2D eigenvalue weighted by molar-refractivity contribution is 5.60. The highest BCUT2D eigenvalue weighted by Gasteiger charge is 2.25. The standard InChI is InChI=1S/C32H41FN2O3/c1-5-34(6-2)16-17-38-32-15-8-23(18-30(32)33)22-35(7-3)31-21-28(37-4)13-14-29(31)26-10-9-25-20-27(36)12-11-24(25)19-26/h8,11-15,18,20-21,26,36H,5-7,9-10,16-17,19,22H2,1-4H3. The van der Waals surface area contributed by atoms with Crippen LogP contribution in [0.5, 0.6) is 17.2 Å². The fourth-order valence-corrected chi connectivity index (χ4v) is 5.45. The smallest absolute Gasteiger partial charge is 0.165 e. The Morgan fingerprint density at radius 1 is 0.947 bits per heavy atom. The maximum atomic E-state index is 15.0. The Morgan fingerprint density at radius 2 is 1.76 bits per heavy atom. The van der Waals surface area contributed by atoms with Gasteiger partial charge in [-0.3, -0.25) is 0 Å². The van der Waals surface area contributed by atoms with Gasteiger partial charge in [-0.1, -0.05) is 32.0 Å². The molecule has 4 rings (SSSR count). The SMILES string of the molecule is CCN(CC)CCOc1ccc(CN(CC)c2cc(OC)ccc2C2CCc3cc(O)ccc3C2)cc1F. The molecule has 6 heteroatoms. The van der Waals surface area contributed by atoms with E-state index in [0.717, 1.165) is 62.4 Å². The predicted octanol–water partition coefficient (Wildman–Crippen LogP) is 6.56. The van der Waals surface area contributed by atoms with Gasteiger partial charge in [0, 0.05) is 31.4 Å². The topological polar surface area (TPSA) is 45.2 Å². The number of rotatable bonds is 12. The van der Waals surface area contributed by atoms with E-state index in [0.29, 0.717) is 30.6 Å². The number of phenolic OH excluding ortho intramolecular Hbond substituents is 1. The van der Waals surface area contributed by atoms with Crippen LogP contribution in [0.3, 0.4) is 0 Å². The maximum absolute atomic E-state index is 15.0. The molecule has 1 atom stereocenters. The van der Waals surface area contributed by atoms with Crippen molar-refractivity contribution in [3.63, 3.8) is 0 Å². The van der Waals surface area contributed by atoms with Gasteiger partial charge in [-0.25, -0.2) is 4.39 Å². The molecule has 5 nitrogen and oxygen atoms in total. The van der Waals surface area contributed by atoms with Crippen LogP contribution in [-0.2, 0) is 19.4 Å². The minimum atomic E-state index is -0.323. The third-order valence-electron chi connectivity index (χ3n) is 7.75. The Morgan fingerprint density at radius 3 is 2.47 bits per heavy atom. The summed E-state index contributed by atoms with van der Waals surface area (Å²) in [5.41, 5.74) is 5.84. The Balaban J connectivity index is 1.52. The highest BCUT2D eigenvalue weighted by atomic mass is 19.1. The van der Waals surface area contributed by atoms with Crippen LogP contribution >= 0.6 is 0 Å². The van der Waals surface area contributed by atoms with Gasteiger partial charge in [0.15, 0.2) is 11.6 Å². The lowest BCUT2D eigenvalue weighted by molar-refractivity contribution is 0.217. The number of ether oxygens (including phenoxy) is 2. The lowest BCUT2D eigenvalue weighted by Crippen LogP contribution is -2.28. The number of likely N-dealkylation sites (N-methyl/N-ethyl adjacent to an activating group) is 1. The molecule has 0 fully saturated rings. The average molecular weight is 521 g/mol. The minimum Gasteiger partial charge on any atom is -0.508 e. The van der Waals surface area contributed by atoms with E-state index in [9.17, 15) is 9.50 Å². The first-order chi connectivity index (χ1) is 18.4. The maximum Gasteiger partial charge on any atom is 0.165 e. The first-order valence-corrected chi connectivity index (χ1v) is 13.8. The third kappa shape index (κ3) is 6.60. The fourth-order valence-electron chi connectivity index (χ4n) is 5.45. The summed E-state index contributed by atoms with van der Waals surface area (Å²) in [4.78, 5) is 4.55. The van der Waals surface area contributed by atoms with E-state index in [2.05, 4.69) is 42.7 Å². The molecule has 0 saturated heterocycles. The number of aromatic hydroxyl groups is 1. The molecule has 204 valence electrons. The van der Waals surface area contributed by atoms with E-state index in [1.54, 1.807) is 25.3 Å². The molecule has 0 radical (unpaired) electrons. The lowest BCUT2D eigenvalue weighted by atomic mass is 9.79. The largest absolute Gasteiger partial charge is 0.508 e. The number of halogens is 1. The second kappa shape index (κ2) is 13.0. The number of hydrogen-bond acceptors (Lipinski definition) is 5. The fraction of sp³-hybridized carbons (Fsp3) is 0.438. The molecule has 1 aliphatic rings. The molecule has 0 saturated carbocycles. The molecule has 0 spiro atoms. The molecular formula is C32H41FN2O3. The number of fused-ring (bicyclic) bond motifs is 1. The van der Waals surface area contributed by atoms with E-state index in [-0.39, 0.29) is 5.82 Å². The van der Waals surface area contributed by atoms with Gasteiger partial charge in [0.25, 0.3) is 0 Å². The van der Waals surface area contributed by atoms with E-state index in [1.807, 2.05) is 24.3 Å². The number of hydrogen-bond donors (Lipinski definition) is 1. The van der Waals surface area contributed by atoms with Crippen molar-refractivity contribution >= 4 is 5.69 Å². The van der Waals surface area contributed by atoms with Crippen LogP contribution in [0.1, 0.15) is 55.4 Å². The van der Waals surface area contributed by atoms with Gasteiger partial charge in [-0.05, 0) is 97.8 Å². The van der Waals surface area contributed by atoms with Gasteiger partial charge in [-0.15, -0.1) is 0 Å². The number of phenols is 1. The molecule has 0 aliphatic heterocycles. The van der Waals surface area contributed by atoms with Crippen molar-refractivity contribution in [2.75, 3.05) is 44.8 Å². The Labute approximate surface area is 226 Å². The van der Waals surface area contributed by atoms with Gasteiger partial charge in [0.2, 0.25) is 0 Å². The normalized spacial score (nSPS) is 14.8. The average Bonchev–Trinajstić information content (AvgIpc) is 2.94. The van der Waals surface area contributed by atoms with E-state index < -0.39 is 0 Å². The number of nitrogens with zero attached hydrogens (tertiary/aromatic N) is 2. The van der Waals surface area contributed by atoms with Crippen molar-refractivity contribution in [2.45, 2.75) is 52.5 Å². The van der Waals surface area contributed by atoms with Crippen molar-refractivity contribution < 1.29 is 19.0 Å². The van der Waals surface area contributed by atoms with Crippen LogP contribution in [0.2, 0.25) is 0 Å². The summed E-state index contributed by atoms with van der Waals surface area (Å²) >= 11 is 0. The van der Waals surface area contributed by atoms with Gasteiger partial charge in [0.05, 0.1) is 7.11 Å². The number of benzene rings is 3. The predicted molar refractivity (Wildman–Crippen MR) is 152 cm³/mol. The van der Waals surface area contributed by atoms with Crippen LogP contribution in [-0.4, -0.2) is 49.9 Å². The number of aryl methyl sites for hydroxylation is 1. The van der Waals surface area contributed by atoms with Gasteiger partial charge >= 0.3 is 0 Å². The van der Waals surface area contributed by atoms with E-state index in [4.69, 9.17) is 9.47 Å². The van der Waals surface area contributed by atoms with Crippen LogP contribution in [0, 0.1) is 5.82 Å². The lowest BCUT2D eigenvalue weighted by Gasteiger charge is -2.32. The van der Waals surface area contributed by atoms with Crippen molar-refractivity contribution in [1.29, 1.82) is 0 Å². The molecule has 0 heterocycles. The van der Waals surface area contributed by atoms with Gasteiger partial charge < -0.3 is 24.4 Å². The summed E-state index contributed by atoms with van der Waals surface area (Å²) in [6.07, 6.45) is 2.88. The first kappa shape index (κ1) is 27.8. The second-order valence-electron chi connectivity index (χ2n) is 9.97. The van der Waals surface area contributed by atoms with E-state index >= 15 is 0 Å². The van der Waals surface area contributed by atoms with Crippen LogP contribution < -0.4 is 14.4 Å². The molecule has 3 aromatic carbocycles. The summed E-state index contributed by atoms with van der Waals surface area (Å²) < 4.78 is 26.3. The van der Waals surface area contributed by atoms with Crippen molar-refractivity contribution in [2.24, 2.45) is 0 Å². The van der Waals surface area contributed by atoms with E-state index in [1.165, 1.54) is 16.7 Å². The highest BCUT2D eigenvalue weighted by Crippen LogP contribution is 2.40. The van der Waals surface area contributed by atoms with Crippen LogP contribution in [0.25, 0.3) is 0 Å². The number of methoxy groups -OCH3 is 1. The molecule has 1 aliphatic carbocycles. The zero-order valence-corrected chi connectivity index (χ0v) is 23.2. The van der Waals surface area contributed by atoms with Crippen LogP contribution in [0.15, 0.2) is 54.6 Å². The van der Waals surface area contributed by atoms with Crippen molar-refractivity contribution in [3.05, 3.63) is 82.7 Å². The zero-order chi connectivity index (χ0) is 27.1. The van der Waals surface area contributed by atoms with Crippen LogP contribution in [0.4, 0.5) is 10.1 Å². The van der Waals surface area contributed by atoms with Gasteiger partial charge in [-0.2, -0.15) is 0 Å². The zero-order valence-electron chi connectivity index (χ0n) is 23.2. The summed E-state index contributed by atoms with van der Waals surface area (Å²) in [7, 11) is 1.69. The molecule has 38 heavy (non-hydrogen) atoms. The quantitative estimate of drug-likeness (QED) is 0.293. The van der Waals surface area contributed by atoms with Gasteiger partial charge in [0.1, 0.15) is 18.1 Å². The second-order valence-corrected chi connectivity index (χ2v) is 9.97. The Bertz CT molecular complexity index is 1210. The summed E-state index contributed by atoms with van der Waals surface area (Å²) in [6, 6.07) is 17.3. The molecule has 1 N–H and O–H groups in total. The molecule has 0 bridgehead atoms.